The number of carbonyl (C=O) groups excluding carboxylic acids is 2. The normalized spacial score (nSPS) is 10.4. The molecule has 7 heteroatoms. The first-order chi connectivity index (χ1) is 13.3. The number of rotatable bonds is 8. The van der Waals surface area contributed by atoms with Crippen molar-refractivity contribution in [2.75, 3.05) is 11.9 Å². The van der Waals surface area contributed by atoms with E-state index in [-0.39, 0.29) is 35.4 Å². The van der Waals surface area contributed by atoms with Gasteiger partial charge in [-0.1, -0.05) is 26.0 Å². The van der Waals surface area contributed by atoms with Crippen LogP contribution >= 0.6 is 0 Å². The molecular formula is C21H24N2O5. The molecule has 0 unspecified atom stereocenters. The second kappa shape index (κ2) is 9.55. The van der Waals surface area contributed by atoms with Crippen LogP contribution in [0, 0.1) is 5.92 Å². The van der Waals surface area contributed by atoms with Crippen molar-refractivity contribution in [3.8, 4) is 5.75 Å². The minimum atomic E-state index is -1.03. The first-order valence-corrected chi connectivity index (χ1v) is 9.00. The van der Waals surface area contributed by atoms with Gasteiger partial charge >= 0.3 is 5.97 Å². The summed E-state index contributed by atoms with van der Waals surface area (Å²) in [4.78, 5) is 35.7. The monoisotopic (exact) mass is 384 g/mol. The largest absolute Gasteiger partial charge is 0.493 e. The van der Waals surface area contributed by atoms with E-state index in [1.54, 1.807) is 44.2 Å². The number of anilines is 1. The van der Waals surface area contributed by atoms with Crippen molar-refractivity contribution in [3.63, 3.8) is 0 Å². The summed E-state index contributed by atoms with van der Waals surface area (Å²) in [5, 5.41) is 14.6. The Labute approximate surface area is 163 Å². The summed E-state index contributed by atoms with van der Waals surface area (Å²) in [6, 6.07) is 11.2. The molecule has 0 saturated carbocycles. The zero-order valence-corrected chi connectivity index (χ0v) is 16.1. The molecule has 0 aliphatic heterocycles. The molecule has 0 radical (unpaired) electrons. The van der Waals surface area contributed by atoms with Gasteiger partial charge in [0.05, 0.1) is 17.7 Å². The second-order valence-corrected chi connectivity index (χ2v) is 6.48. The Hall–Kier alpha value is -3.35. The predicted molar refractivity (Wildman–Crippen MR) is 106 cm³/mol. The van der Waals surface area contributed by atoms with Crippen LogP contribution in [0.15, 0.2) is 42.5 Å². The third-order valence-corrected chi connectivity index (χ3v) is 3.94. The fraction of sp³-hybridized carbons (Fsp3) is 0.286. The highest BCUT2D eigenvalue weighted by Gasteiger charge is 2.15. The van der Waals surface area contributed by atoms with Crippen molar-refractivity contribution >= 4 is 23.5 Å². The van der Waals surface area contributed by atoms with Crippen molar-refractivity contribution in [2.45, 2.75) is 27.3 Å². The van der Waals surface area contributed by atoms with Crippen LogP contribution in [-0.2, 0) is 11.3 Å². The molecule has 0 aromatic heterocycles. The van der Waals surface area contributed by atoms with E-state index in [4.69, 9.17) is 9.84 Å². The SMILES string of the molecule is CCOc1ccc(NC(=O)C(C)C)cc1C(=O)NCc1cccc(C(=O)O)c1. The van der Waals surface area contributed by atoms with E-state index in [9.17, 15) is 14.4 Å². The van der Waals surface area contributed by atoms with E-state index in [0.717, 1.165) is 0 Å². The lowest BCUT2D eigenvalue weighted by Gasteiger charge is -2.14. The summed E-state index contributed by atoms with van der Waals surface area (Å²) in [6.45, 7) is 5.92. The number of benzene rings is 2. The van der Waals surface area contributed by atoms with Gasteiger partial charge in [-0.2, -0.15) is 0 Å². The van der Waals surface area contributed by atoms with Crippen LogP contribution in [0.2, 0.25) is 0 Å². The third-order valence-electron chi connectivity index (χ3n) is 3.94. The molecule has 2 amide bonds. The summed E-state index contributed by atoms with van der Waals surface area (Å²) in [5.74, 6) is -1.35. The maximum atomic E-state index is 12.7. The van der Waals surface area contributed by atoms with Gasteiger partial charge in [0, 0.05) is 18.2 Å². The van der Waals surface area contributed by atoms with Gasteiger partial charge in [-0.25, -0.2) is 4.79 Å². The number of ether oxygens (including phenoxy) is 1. The fourth-order valence-electron chi connectivity index (χ4n) is 2.45. The zero-order valence-electron chi connectivity index (χ0n) is 16.1. The van der Waals surface area contributed by atoms with Crippen LogP contribution in [0.1, 0.15) is 47.1 Å². The molecule has 0 bridgehead atoms. The number of hydrogen-bond donors (Lipinski definition) is 3. The molecule has 28 heavy (non-hydrogen) atoms. The average molecular weight is 384 g/mol. The van der Waals surface area contributed by atoms with Gasteiger partial charge in [0.1, 0.15) is 5.75 Å². The molecule has 0 atom stereocenters. The Kier molecular flexibility index (Phi) is 7.14. The van der Waals surface area contributed by atoms with Crippen LogP contribution in [0.3, 0.4) is 0 Å². The number of carbonyl (C=O) groups is 3. The molecule has 0 heterocycles. The summed E-state index contributed by atoms with van der Waals surface area (Å²) in [7, 11) is 0. The highest BCUT2D eigenvalue weighted by Crippen LogP contribution is 2.23. The van der Waals surface area contributed by atoms with Gasteiger partial charge < -0.3 is 20.5 Å². The van der Waals surface area contributed by atoms with E-state index >= 15 is 0 Å². The Morgan fingerprint density at radius 2 is 1.86 bits per heavy atom. The highest BCUT2D eigenvalue weighted by atomic mass is 16.5. The zero-order chi connectivity index (χ0) is 20.7. The third kappa shape index (κ3) is 5.57. The Morgan fingerprint density at radius 3 is 2.50 bits per heavy atom. The van der Waals surface area contributed by atoms with E-state index in [1.165, 1.54) is 12.1 Å². The van der Waals surface area contributed by atoms with Gasteiger partial charge in [-0.3, -0.25) is 9.59 Å². The van der Waals surface area contributed by atoms with E-state index < -0.39 is 5.97 Å². The van der Waals surface area contributed by atoms with Gasteiger partial charge in [-0.15, -0.1) is 0 Å². The van der Waals surface area contributed by atoms with Crippen molar-refractivity contribution in [2.24, 2.45) is 5.92 Å². The first kappa shape index (κ1) is 21.0. The number of hydrogen-bond acceptors (Lipinski definition) is 4. The highest BCUT2D eigenvalue weighted by molar-refractivity contribution is 5.99. The van der Waals surface area contributed by atoms with Gasteiger partial charge in [-0.05, 0) is 42.8 Å². The van der Waals surface area contributed by atoms with Crippen LogP contribution in [0.4, 0.5) is 5.69 Å². The summed E-state index contributed by atoms with van der Waals surface area (Å²) < 4.78 is 5.52. The average Bonchev–Trinajstić information content (AvgIpc) is 2.67. The summed E-state index contributed by atoms with van der Waals surface area (Å²) in [6.07, 6.45) is 0. The molecule has 7 nitrogen and oxygen atoms in total. The summed E-state index contributed by atoms with van der Waals surface area (Å²) in [5.41, 5.74) is 1.61. The molecule has 2 aromatic rings. The molecule has 0 spiro atoms. The van der Waals surface area contributed by atoms with Gasteiger partial charge in [0.2, 0.25) is 5.91 Å². The number of carboxylic acid groups (broad SMARTS) is 1. The molecule has 3 N–H and O–H groups in total. The number of amides is 2. The smallest absolute Gasteiger partial charge is 0.335 e. The Bertz CT molecular complexity index is 877. The molecular weight excluding hydrogens is 360 g/mol. The Balaban J connectivity index is 2.18. The number of aromatic carboxylic acids is 1. The molecule has 2 rings (SSSR count). The number of carboxylic acids is 1. The molecule has 0 fully saturated rings. The van der Waals surface area contributed by atoms with Crippen LogP contribution < -0.4 is 15.4 Å². The van der Waals surface area contributed by atoms with Crippen molar-refractivity contribution in [3.05, 3.63) is 59.2 Å². The minimum Gasteiger partial charge on any atom is -0.493 e. The predicted octanol–water partition coefficient (Wildman–Crippen LogP) is 3.31. The number of nitrogens with one attached hydrogen (secondary N) is 2. The lowest BCUT2D eigenvalue weighted by molar-refractivity contribution is -0.118. The van der Waals surface area contributed by atoms with Gasteiger partial charge in [0.25, 0.3) is 5.91 Å². The molecule has 0 saturated heterocycles. The molecule has 148 valence electrons. The topological polar surface area (TPSA) is 105 Å². The van der Waals surface area contributed by atoms with Crippen LogP contribution in [0.5, 0.6) is 5.75 Å². The molecule has 0 aliphatic rings. The van der Waals surface area contributed by atoms with Gasteiger partial charge in [0.15, 0.2) is 0 Å². The van der Waals surface area contributed by atoms with Crippen molar-refractivity contribution < 1.29 is 24.2 Å². The summed E-state index contributed by atoms with van der Waals surface area (Å²) >= 11 is 0. The minimum absolute atomic E-state index is 0.152. The standard InChI is InChI=1S/C21H24N2O5/c1-4-28-18-9-8-16(23-19(24)13(2)3)11-17(18)20(25)22-12-14-6-5-7-15(10-14)21(26)27/h5-11,13H,4,12H2,1-3H3,(H,22,25)(H,23,24)(H,26,27). The van der Waals surface area contributed by atoms with Crippen molar-refractivity contribution in [1.82, 2.24) is 5.32 Å². The lowest BCUT2D eigenvalue weighted by atomic mass is 10.1. The first-order valence-electron chi connectivity index (χ1n) is 9.00. The maximum Gasteiger partial charge on any atom is 0.335 e. The van der Waals surface area contributed by atoms with Crippen LogP contribution in [0.25, 0.3) is 0 Å². The maximum absolute atomic E-state index is 12.7. The molecule has 0 aliphatic carbocycles. The van der Waals surface area contributed by atoms with Crippen LogP contribution in [-0.4, -0.2) is 29.5 Å². The quantitative estimate of drug-likeness (QED) is 0.648. The van der Waals surface area contributed by atoms with E-state index in [1.807, 2.05) is 6.92 Å². The lowest BCUT2D eigenvalue weighted by Crippen LogP contribution is -2.24. The fourth-order valence-corrected chi connectivity index (χ4v) is 2.45. The van der Waals surface area contributed by atoms with Crippen molar-refractivity contribution in [1.29, 1.82) is 0 Å². The van der Waals surface area contributed by atoms with E-state index in [2.05, 4.69) is 10.6 Å². The second-order valence-electron chi connectivity index (χ2n) is 6.48. The molecule has 2 aromatic carbocycles. The van der Waals surface area contributed by atoms with E-state index in [0.29, 0.717) is 23.6 Å². The Morgan fingerprint density at radius 1 is 1.11 bits per heavy atom.